The average Bonchev–Trinajstić information content (AvgIpc) is 2.53. The summed E-state index contributed by atoms with van der Waals surface area (Å²) in [7, 11) is 0. The topological polar surface area (TPSA) is 26.0 Å². The van der Waals surface area contributed by atoms with Gasteiger partial charge >= 0.3 is 6.18 Å². The predicted octanol–water partition coefficient (Wildman–Crippen LogP) is 2.80. The van der Waals surface area contributed by atoms with Gasteiger partial charge in [0.1, 0.15) is 0 Å². The molecule has 0 aromatic carbocycles. The van der Waals surface area contributed by atoms with Gasteiger partial charge in [-0.3, -0.25) is 0 Å². The summed E-state index contributed by atoms with van der Waals surface area (Å²) < 4.78 is 35.5. The quantitative estimate of drug-likeness (QED) is 0.799. The molecule has 0 radical (unpaired) electrons. The van der Waals surface area contributed by atoms with Crippen LogP contribution in [0.3, 0.4) is 0 Å². The third-order valence-corrected chi connectivity index (χ3v) is 3.76. The summed E-state index contributed by atoms with van der Waals surface area (Å²) in [5, 5.41) is 0. The SMILES string of the molecule is NC(CCCC(F)(F)F)C1CCSC1. The van der Waals surface area contributed by atoms with Crippen LogP contribution in [-0.2, 0) is 0 Å². The minimum absolute atomic E-state index is 0.0349. The van der Waals surface area contributed by atoms with Crippen LogP contribution in [0.15, 0.2) is 0 Å². The van der Waals surface area contributed by atoms with E-state index in [1.807, 2.05) is 11.8 Å². The lowest BCUT2D eigenvalue weighted by Gasteiger charge is -2.18. The van der Waals surface area contributed by atoms with Crippen molar-refractivity contribution in [2.75, 3.05) is 11.5 Å². The van der Waals surface area contributed by atoms with Crippen LogP contribution in [0.1, 0.15) is 25.7 Å². The normalized spacial score (nSPS) is 25.3. The summed E-state index contributed by atoms with van der Waals surface area (Å²) >= 11 is 1.85. The Bertz CT molecular complexity index is 166. The van der Waals surface area contributed by atoms with Crippen molar-refractivity contribution in [3.8, 4) is 0 Å². The Balaban J connectivity index is 2.11. The summed E-state index contributed by atoms with van der Waals surface area (Å²) in [6.45, 7) is 0. The lowest BCUT2D eigenvalue weighted by atomic mass is 9.95. The Morgan fingerprint density at radius 3 is 2.64 bits per heavy atom. The van der Waals surface area contributed by atoms with Crippen molar-refractivity contribution in [1.82, 2.24) is 0 Å². The molecule has 1 rings (SSSR count). The highest BCUT2D eigenvalue weighted by Crippen LogP contribution is 2.28. The van der Waals surface area contributed by atoms with Gasteiger partial charge in [0.05, 0.1) is 0 Å². The second-order valence-corrected chi connectivity index (χ2v) is 4.94. The molecule has 0 saturated carbocycles. The van der Waals surface area contributed by atoms with Crippen LogP contribution in [0.5, 0.6) is 0 Å². The van der Waals surface area contributed by atoms with E-state index in [1.54, 1.807) is 0 Å². The fourth-order valence-electron chi connectivity index (χ4n) is 1.66. The minimum Gasteiger partial charge on any atom is -0.327 e. The number of thioether (sulfide) groups is 1. The zero-order chi connectivity index (χ0) is 10.6. The number of nitrogens with two attached hydrogens (primary N) is 1. The molecule has 0 amide bonds. The molecule has 84 valence electrons. The van der Waals surface area contributed by atoms with Gasteiger partial charge in [0.15, 0.2) is 0 Å². The van der Waals surface area contributed by atoms with Crippen molar-refractivity contribution in [3.05, 3.63) is 0 Å². The largest absolute Gasteiger partial charge is 0.389 e. The second-order valence-electron chi connectivity index (χ2n) is 3.79. The van der Waals surface area contributed by atoms with Crippen molar-refractivity contribution in [1.29, 1.82) is 0 Å². The van der Waals surface area contributed by atoms with Gasteiger partial charge in [-0.15, -0.1) is 0 Å². The Morgan fingerprint density at radius 2 is 2.14 bits per heavy atom. The predicted molar refractivity (Wildman–Crippen MR) is 53.3 cm³/mol. The molecule has 1 fully saturated rings. The Labute approximate surface area is 86.6 Å². The zero-order valence-corrected chi connectivity index (χ0v) is 8.83. The van der Waals surface area contributed by atoms with Crippen LogP contribution in [-0.4, -0.2) is 23.7 Å². The number of halogens is 3. The molecule has 2 atom stereocenters. The number of alkyl halides is 3. The highest BCUT2D eigenvalue weighted by Gasteiger charge is 2.28. The molecule has 5 heteroatoms. The standard InChI is InChI=1S/C9H16F3NS/c10-9(11,12)4-1-2-8(13)7-3-5-14-6-7/h7-8H,1-6,13H2. The van der Waals surface area contributed by atoms with Gasteiger partial charge < -0.3 is 5.73 Å². The molecule has 1 saturated heterocycles. The molecule has 1 heterocycles. The Hall–Kier alpha value is 0.100. The molecule has 2 N–H and O–H groups in total. The maximum absolute atomic E-state index is 11.8. The Kier molecular flexibility index (Phi) is 4.57. The van der Waals surface area contributed by atoms with Gasteiger partial charge in [0, 0.05) is 12.5 Å². The van der Waals surface area contributed by atoms with Gasteiger partial charge in [0.25, 0.3) is 0 Å². The molecule has 0 aromatic heterocycles. The van der Waals surface area contributed by atoms with Gasteiger partial charge in [0.2, 0.25) is 0 Å². The monoisotopic (exact) mass is 227 g/mol. The van der Waals surface area contributed by atoms with E-state index >= 15 is 0 Å². The summed E-state index contributed by atoms with van der Waals surface area (Å²) in [6.07, 6.45) is -2.97. The van der Waals surface area contributed by atoms with E-state index in [0.717, 1.165) is 17.9 Å². The van der Waals surface area contributed by atoms with Crippen LogP contribution in [0, 0.1) is 5.92 Å². The summed E-state index contributed by atoms with van der Waals surface area (Å²) in [5.74, 6) is 2.57. The van der Waals surface area contributed by atoms with Crippen molar-refractivity contribution >= 4 is 11.8 Å². The molecule has 0 bridgehead atoms. The first-order chi connectivity index (χ1) is 6.49. The molecule has 1 aliphatic rings. The molecule has 1 aliphatic heterocycles. The van der Waals surface area contributed by atoms with Gasteiger partial charge in [-0.1, -0.05) is 0 Å². The van der Waals surface area contributed by atoms with E-state index < -0.39 is 12.6 Å². The molecule has 14 heavy (non-hydrogen) atoms. The summed E-state index contributed by atoms with van der Waals surface area (Å²) in [4.78, 5) is 0. The molecule has 2 unspecified atom stereocenters. The number of hydrogen-bond acceptors (Lipinski definition) is 2. The van der Waals surface area contributed by atoms with E-state index in [2.05, 4.69) is 0 Å². The lowest BCUT2D eigenvalue weighted by molar-refractivity contribution is -0.135. The molecular weight excluding hydrogens is 211 g/mol. The van der Waals surface area contributed by atoms with E-state index in [9.17, 15) is 13.2 Å². The van der Waals surface area contributed by atoms with Crippen LogP contribution >= 0.6 is 11.8 Å². The number of rotatable bonds is 4. The zero-order valence-electron chi connectivity index (χ0n) is 8.02. The first-order valence-corrected chi connectivity index (χ1v) is 6.04. The third-order valence-electron chi connectivity index (χ3n) is 2.57. The van der Waals surface area contributed by atoms with Crippen molar-refractivity contribution in [2.24, 2.45) is 11.7 Å². The fraction of sp³-hybridized carbons (Fsp3) is 1.00. The van der Waals surface area contributed by atoms with Gasteiger partial charge in [-0.2, -0.15) is 24.9 Å². The lowest BCUT2D eigenvalue weighted by Crippen LogP contribution is -2.30. The second kappa shape index (κ2) is 5.26. The highest BCUT2D eigenvalue weighted by molar-refractivity contribution is 7.99. The first-order valence-electron chi connectivity index (χ1n) is 4.89. The average molecular weight is 227 g/mol. The van der Waals surface area contributed by atoms with E-state index in [-0.39, 0.29) is 12.5 Å². The minimum atomic E-state index is -4.02. The molecule has 0 spiro atoms. The van der Waals surface area contributed by atoms with Crippen LogP contribution in [0.2, 0.25) is 0 Å². The smallest absolute Gasteiger partial charge is 0.327 e. The molecular formula is C9H16F3NS. The van der Waals surface area contributed by atoms with E-state index in [4.69, 9.17) is 5.73 Å². The number of hydrogen-bond donors (Lipinski definition) is 1. The van der Waals surface area contributed by atoms with E-state index in [1.165, 1.54) is 0 Å². The van der Waals surface area contributed by atoms with Crippen LogP contribution in [0.25, 0.3) is 0 Å². The highest BCUT2D eigenvalue weighted by atomic mass is 32.2. The van der Waals surface area contributed by atoms with E-state index in [0.29, 0.717) is 12.3 Å². The Morgan fingerprint density at radius 1 is 1.43 bits per heavy atom. The first kappa shape index (κ1) is 12.2. The van der Waals surface area contributed by atoms with Gasteiger partial charge in [-0.25, -0.2) is 0 Å². The van der Waals surface area contributed by atoms with Crippen LogP contribution in [0.4, 0.5) is 13.2 Å². The molecule has 0 aromatic rings. The van der Waals surface area contributed by atoms with Crippen LogP contribution < -0.4 is 5.73 Å². The third kappa shape index (κ3) is 4.55. The maximum atomic E-state index is 11.8. The summed E-state index contributed by atoms with van der Waals surface area (Å²) in [5.41, 5.74) is 5.83. The van der Waals surface area contributed by atoms with Gasteiger partial charge in [-0.05, 0) is 36.7 Å². The molecule has 1 nitrogen and oxygen atoms in total. The van der Waals surface area contributed by atoms with Crippen molar-refractivity contribution in [3.63, 3.8) is 0 Å². The van der Waals surface area contributed by atoms with Crippen molar-refractivity contribution in [2.45, 2.75) is 37.9 Å². The van der Waals surface area contributed by atoms with Crippen molar-refractivity contribution < 1.29 is 13.2 Å². The molecule has 0 aliphatic carbocycles. The summed E-state index contributed by atoms with van der Waals surface area (Å²) in [6, 6.07) is -0.0349. The fourth-order valence-corrected chi connectivity index (χ4v) is 3.02. The maximum Gasteiger partial charge on any atom is 0.389 e.